The molecule has 0 aliphatic rings. The van der Waals surface area contributed by atoms with E-state index in [1.54, 1.807) is 12.1 Å². The van der Waals surface area contributed by atoms with E-state index in [0.29, 0.717) is 17.2 Å². The summed E-state index contributed by atoms with van der Waals surface area (Å²) in [6, 6.07) is 13.5. The van der Waals surface area contributed by atoms with Gasteiger partial charge in [0.15, 0.2) is 0 Å². The fraction of sp³-hybridized carbons (Fsp3) is 0.105. The van der Waals surface area contributed by atoms with Crippen molar-refractivity contribution in [1.29, 1.82) is 0 Å². The van der Waals surface area contributed by atoms with E-state index in [4.69, 9.17) is 0 Å². The van der Waals surface area contributed by atoms with Crippen LogP contribution >= 0.6 is 0 Å². The number of aryl methyl sites for hydroxylation is 1. The Morgan fingerprint density at radius 3 is 2.24 bits per heavy atom. The number of nitrogens with zero attached hydrogens (tertiary/aromatic N) is 2. The minimum Gasteiger partial charge on any atom is -0.339 e. The number of nitrogens with one attached hydrogen (secondary N) is 2. The number of halogens is 1. The number of hydrogen-bond acceptors (Lipinski definition) is 4. The highest BCUT2D eigenvalue weighted by Crippen LogP contribution is 2.15. The summed E-state index contributed by atoms with van der Waals surface area (Å²) in [7, 11) is 0. The van der Waals surface area contributed by atoms with E-state index in [1.807, 2.05) is 24.3 Å². The minimum absolute atomic E-state index is 0.212. The van der Waals surface area contributed by atoms with Gasteiger partial charge in [0.2, 0.25) is 0 Å². The van der Waals surface area contributed by atoms with Crippen LogP contribution in [0.1, 0.15) is 23.0 Å². The van der Waals surface area contributed by atoms with Gasteiger partial charge in [0.05, 0.1) is 12.4 Å². The summed E-state index contributed by atoms with van der Waals surface area (Å²) < 4.78 is 12.9. The van der Waals surface area contributed by atoms with Crippen molar-refractivity contribution >= 4 is 23.1 Å². The normalized spacial score (nSPS) is 10.3. The number of carbonyl (C=O) groups is 1. The average molecular weight is 336 g/mol. The van der Waals surface area contributed by atoms with Crippen LogP contribution in [0.4, 0.5) is 21.6 Å². The summed E-state index contributed by atoms with van der Waals surface area (Å²) >= 11 is 0. The minimum atomic E-state index is -0.329. The molecule has 6 heteroatoms. The molecular weight excluding hydrogens is 319 g/mol. The highest BCUT2D eigenvalue weighted by atomic mass is 19.1. The van der Waals surface area contributed by atoms with Crippen molar-refractivity contribution < 1.29 is 9.18 Å². The molecule has 0 atom stereocenters. The zero-order valence-corrected chi connectivity index (χ0v) is 13.7. The van der Waals surface area contributed by atoms with E-state index >= 15 is 0 Å². The zero-order chi connectivity index (χ0) is 17.6. The number of carbonyl (C=O) groups excluding carboxylic acids is 1. The third-order valence-corrected chi connectivity index (χ3v) is 3.62. The lowest BCUT2D eigenvalue weighted by atomic mass is 10.1. The van der Waals surface area contributed by atoms with Crippen LogP contribution in [-0.4, -0.2) is 15.9 Å². The predicted molar refractivity (Wildman–Crippen MR) is 95.5 cm³/mol. The Morgan fingerprint density at radius 1 is 0.960 bits per heavy atom. The molecule has 5 nitrogen and oxygen atoms in total. The second-order valence-electron chi connectivity index (χ2n) is 5.42. The molecule has 0 fully saturated rings. The molecule has 3 rings (SSSR count). The zero-order valence-electron chi connectivity index (χ0n) is 13.7. The van der Waals surface area contributed by atoms with Crippen LogP contribution in [0.5, 0.6) is 0 Å². The Kier molecular flexibility index (Phi) is 4.99. The number of aromatic nitrogens is 2. The topological polar surface area (TPSA) is 66.9 Å². The van der Waals surface area contributed by atoms with Crippen LogP contribution in [-0.2, 0) is 6.42 Å². The lowest BCUT2D eigenvalue weighted by Crippen LogP contribution is -2.14. The summed E-state index contributed by atoms with van der Waals surface area (Å²) in [6.45, 7) is 2.07. The quantitative estimate of drug-likeness (QED) is 0.734. The van der Waals surface area contributed by atoms with Crippen LogP contribution in [0.2, 0.25) is 0 Å². The number of benzene rings is 2. The van der Waals surface area contributed by atoms with Crippen LogP contribution < -0.4 is 10.6 Å². The van der Waals surface area contributed by atoms with E-state index < -0.39 is 0 Å². The van der Waals surface area contributed by atoms with Crippen molar-refractivity contribution in [2.75, 3.05) is 10.6 Å². The number of anilines is 3. The fourth-order valence-corrected chi connectivity index (χ4v) is 2.21. The first-order chi connectivity index (χ1) is 12.1. The van der Waals surface area contributed by atoms with Crippen molar-refractivity contribution in [3.63, 3.8) is 0 Å². The molecule has 0 saturated heterocycles. The average Bonchev–Trinajstić information content (AvgIpc) is 2.65. The monoisotopic (exact) mass is 336 g/mol. The molecule has 0 radical (unpaired) electrons. The van der Waals surface area contributed by atoms with Gasteiger partial charge < -0.3 is 10.6 Å². The molecule has 0 unspecified atom stereocenters. The molecule has 2 aromatic carbocycles. The number of amides is 1. The van der Waals surface area contributed by atoms with Crippen LogP contribution in [0.25, 0.3) is 0 Å². The molecule has 0 bridgehead atoms. The maximum atomic E-state index is 12.9. The Hall–Kier alpha value is -3.28. The van der Waals surface area contributed by atoms with Crippen LogP contribution in [0.15, 0.2) is 60.9 Å². The maximum absolute atomic E-state index is 12.9. The molecule has 2 N–H and O–H groups in total. The Morgan fingerprint density at radius 2 is 1.64 bits per heavy atom. The van der Waals surface area contributed by atoms with E-state index in [2.05, 4.69) is 27.5 Å². The van der Waals surface area contributed by atoms with Gasteiger partial charge in [-0.3, -0.25) is 4.79 Å². The second kappa shape index (κ2) is 7.53. The molecule has 0 saturated carbocycles. The van der Waals surface area contributed by atoms with Crippen molar-refractivity contribution in [3.05, 3.63) is 78.0 Å². The lowest BCUT2D eigenvalue weighted by Gasteiger charge is -2.07. The highest BCUT2D eigenvalue weighted by molar-refractivity contribution is 6.02. The summed E-state index contributed by atoms with van der Waals surface area (Å²) in [6.07, 6.45) is 3.79. The second-order valence-corrected chi connectivity index (χ2v) is 5.42. The molecule has 0 aliphatic carbocycles. The summed E-state index contributed by atoms with van der Waals surface area (Å²) in [5.41, 5.74) is 2.81. The molecule has 126 valence electrons. The molecule has 1 aromatic heterocycles. The summed E-state index contributed by atoms with van der Waals surface area (Å²) in [5.74, 6) is -0.170. The third kappa shape index (κ3) is 4.38. The van der Waals surface area contributed by atoms with Crippen molar-refractivity contribution in [3.8, 4) is 0 Å². The Labute approximate surface area is 145 Å². The summed E-state index contributed by atoms with van der Waals surface area (Å²) in [5, 5.41) is 5.77. The SMILES string of the molecule is CCc1ccc(NC(=O)c2cnc(Nc3ccc(F)cc3)cn2)cc1. The first-order valence-electron chi connectivity index (χ1n) is 7.89. The van der Waals surface area contributed by atoms with Gasteiger partial charge in [0.1, 0.15) is 17.3 Å². The molecule has 0 spiro atoms. The number of rotatable bonds is 5. The molecule has 3 aromatic rings. The first kappa shape index (κ1) is 16.6. The van der Waals surface area contributed by atoms with Gasteiger partial charge in [-0.15, -0.1) is 0 Å². The third-order valence-electron chi connectivity index (χ3n) is 3.62. The van der Waals surface area contributed by atoms with Gasteiger partial charge in [0, 0.05) is 11.4 Å². The maximum Gasteiger partial charge on any atom is 0.275 e. The van der Waals surface area contributed by atoms with Crippen LogP contribution in [0, 0.1) is 5.82 Å². The standard InChI is InChI=1S/C19H17FN4O/c1-2-13-3-7-16(8-4-13)24-19(25)17-11-22-18(12-21-17)23-15-9-5-14(20)6-10-15/h3-12H,2H2,1H3,(H,22,23)(H,24,25). The Bertz CT molecular complexity index is 846. The van der Waals surface area contributed by atoms with E-state index in [1.165, 1.54) is 30.1 Å². The van der Waals surface area contributed by atoms with E-state index in [-0.39, 0.29) is 17.4 Å². The van der Waals surface area contributed by atoms with E-state index in [9.17, 15) is 9.18 Å². The molecule has 1 heterocycles. The van der Waals surface area contributed by atoms with Crippen molar-refractivity contribution in [1.82, 2.24) is 9.97 Å². The van der Waals surface area contributed by atoms with E-state index in [0.717, 1.165) is 6.42 Å². The smallest absolute Gasteiger partial charge is 0.275 e. The largest absolute Gasteiger partial charge is 0.339 e. The molecule has 1 amide bonds. The van der Waals surface area contributed by atoms with Gasteiger partial charge in [-0.1, -0.05) is 19.1 Å². The van der Waals surface area contributed by atoms with Gasteiger partial charge in [-0.25, -0.2) is 14.4 Å². The van der Waals surface area contributed by atoms with Gasteiger partial charge >= 0.3 is 0 Å². The van der Waals surface area contributed by atoms with Crippen LogP contribution in [0.3, 0.4) is 0 Å². The fourth-order valence-electron chi connectivity index (χ4n) is 2.21. The predicted octanol–water partition coefficient (Wildman–Crippen LogP) is 4.17. The highest BCUT2D eigenvalue weighted by Gasteiger charge is 2.08. The van der Waals surface area contributed by atoms with Gasteiger partial charge in [-0.05, 0) is 48.4 Å². The first-order valence-corrected chi connectivity index (χ1v) is 7.89. The number of hydrogen-bond donors (Lipinski definition) is 2. The molecule has 25 heavy (non-hydrogen) atoms. The Balaban J connectivity index is 1.64. The molecule has 0 aliphatic heterocycles. The molecular formula is C19H17FN4O. The lowest BCUT2D eigenvalue weighted by molar-refractivity contribution is 0.102. The van der Waals surface area contributed by atoms with Crippen molar-refractivity contribution in [2.45, 2.75) is 13.3 Å². The van der Waals surface area contributed by atoms with Gasteiger partial charge in [-0.2, -0.15) is 0 Å². The van der Waals surface area contributed by atoms with Gasteiger partial charge in [0.25, 0.3) is 5.91 Å². The van der Waals surface area contributed by atoms with Crippen molar-refractivity contribution in [2.24, 2.45) is 0 Å². The summed E-state index contributed by atoms with van der Waals surface area (Å²) in [4.78, 5) is 20.5.